The molecule has 0 amide bonds. The summed E-state index contributed by atoms with van der Waals surface area (Å²) in [6.45, 7) is 0. The topological polar surface area (TPSA) is 25.8 Å². The second-order valence-electron chi connectivity index (χ2n) is 2.54. The Kier molecular flexibility index (Phi) is 3.05. The maximum Gasteiger partial charge on any atom is 0.154 e. The number of pyridine rings is 1. The molecule has 0 N–H and O–H groups in total. The van der Waals surface area contributed by atoms with Crippen molar-refractivity contribution < 1.29 is 0 Å². The average Bonchev–Trinajstić information content (AvgIpc) is 2.61. The van der Waals surface area contributed by atoms with Crippen LogP contribution in [0.5, 0.6) is 0 Å². The Hall–Kier alpha value is -0.580. The van der Waals surface area contributed by atoms with E-state index in [1.807, 2.05) is 18.4 Å². The molecule has 0 bridgehead atoms. The molecule has 2 nitrogen and oxygen atoms in total. The number of thiazole rings is 1. The highest BCUT2D eigenvalue weighted by Gasteiger charge is 2.09. The first-order chi connectivity index (χ1) is 6.81. The largest absolute Gasteiger partial charge is 0.264 e. The lowest BCUT2D eigenvalue weighted by Gasteiger charge is -1.91. The summed E-state index contributed by atoms with van der Waals surface area (Å²) in [7, 11) is 0. The molecule has 2 aromatic heterocycles. The number of thioether (sulfide) groups is 1. The molecule has 0 saturated heterocycles. The van der Waals surface area contributed by atoms with Crippen LogP contribution < -0.4 is 0 Å². The van der Waals surface area contributed by atoms with Crippen molar-refractivity contribution in [3.8, 4) is 10.6 Å². The van der Waals surface area contributed by atoms with Crippen LogP contribution in [0.4, 0.5) is 0 Å². The van der Waals surface area contributed by atoms with Gasteiger partial charge in [0, 0.05) is 18.0 Å². The normalized spacial score (nSPS) is 10.4. The first kappa shape index (κ1) is 9.96. The van der Waals surface area contributed by atoms with Crippen LogP contribution in [0.15, 0.2) is 28.7 Å². The van der Waals surface area contributed by atoms with Gasteiger partial charge in [-0.1, -0.05) is 11.6 Å². The number of halogens is 1. The number of hydrogen-bond acceptors (Lipinski definition) is 4. The Morgan fingerprint density at radius 2 is 2.36 bits per heavy atom. The lowest BCUT2D eigenvalue weighted by atomic mass is 10.3. The van der Waals surface area contributed by atoms with Crippen molar-refractivity contribution in [1.82, 2.24) is 9.97 Å². The van der Waals surface area contributed by atoms with Crippen molar-refractivity contribution >= 4 is 34.7 Å². The van der Waals surface area contributed by atoms with Crippen molar-refractivity contribution in [2.75, 3.05) is 6.26 Å². The van der Waals surface area contributed by atoms with Crippen molar-refractivity contribution in [3.05, 3.63) is 29.7 Å². The molecular formula is C9H7ClN2S2. The molecule has 2 rings (SSSR count). The monoisotopic (exact) mass is 242 g/mol. The molecule has 0 saturated carbocycles. The molecule has 0 radical (unpaired) electrons. The third-order valence-electron chi connectivity index (χ3n) is 1.65. The minimum atomic E-state index is 0.585. The van der Waals surface area contributed by atoms with Crippen molar-refractivity contribution in [2.45, 2.75) is 4.21 Å². The van der Waals surface area contributed by atoms with Gasteiger partial charge in [-0.05, 0) is 18.4 Å². The first-order valence-electron chi connectivity index (χ1n) is 3.92. The zero-order valence-corrected chi connectivity index (χ0v) is 9.79. The highest BCUT2D eigenvalue weighted by atomic mass is 35.5. The fraction of sp³-hybridized carbons (Fsp3) is 0.111. The van der Waals surface area contributed by atoms with E-state index in [4.69, 9.17) is 11.6 Å². The van der Waals surface area contributed by atoms with Crippen LogP contribution >= 0.6 is 34.7 Å². The van der Waals surface area contributed by atoms with Crippen molar-refractivity contribution in [3.63, 3.8) is 0 Å². The van der Waals surface area contributed by atoms with Gasteiger partial charge in [-0.15, -0.1) is 23.1 Å². The molecule has 0 unspecified atom stereocenters. The van der Waals surface area contributed by atoms with Gasteiger partial charge in [-0.2, -0.15) is 0 Å². The molecule has 0 aliphatic carbocycles. The molecule has 0 atom stereocenters. The molecule has 14 heavy (non-hydrogen) atoms. The molecule has 0 spiro atoms. The molecule has 0 aliphatic rings. The van der Waals surface area contributed by atoms with Crippen LogP contribution in [-0.4, -0.2) is 16.2 Å². The molecule has 72 valence electrons. The van der Waals surface area contributed by atoms with Crippen molar-refractivity contribution in [1.29, 1.82) is 0 Å². The lowest BCUT2D eigenvalue weighted by molar-refractivity contribution is 1.31. The Morgan fingerprint density at radius 1 is 1.50 bits per heavy atom. The Balaban J connectivity index is 2.43. The maximum absolute atomic E-state index is 5.95. The lowest BCUT2D eigenvalue weighted by Crippen LogP contribution is -1.76. The molecule has 2 heterocycles. The molecule has 0 fully saturated rings. The van der Waals surface area contributed by atoms with E-state index in [-0.39, 0.29) is 0 Å². The Bertz CT molecular complexity index is 428. The quantitative estimate of drug-likeness (QED) is 0.753. The van der Waals surface area contributed by atoms with Crippen LogP contribution in [0.3, 0.4) is 0 Å². The van der Waals surface area contributed by atoms with Crippen LogP contribution in [0.1, 0.15) is 0 Å². The van der Waals surface area contributed by atoms with Crippen molar-refractivity contribution in [2.24, 2.45) is 0 Å². The zero-order valence-electron chi connectivity index (χ0n) is 7.40. The predicted molar refractivity (Wildman–Crippen MR) is 62.1 cm³/mol. The molecule has 2 aromatic rings. The third-order valence-corrected chi connectivity index (χ3v) is 4.36. The van der Waals surface area contributed by atoms with Gasteiger partial charge in [0.15, 0.2) is 5.15 Å². The van der Waals surface area contributed by atoms with E-state index in [0.29, 0.717) is 5.15 Å². The minimum Gasteiger partial charge on any atom is -0.264 e. The molecule has 0 aliphatic heterocycles. The van der Waals surface area contributed by atoms with Crippen LogP contribution in [0.2, 0.25) is 5.15 Å². The van der Waals surface area contributed by atoms with Gasteiger partial charge < -0.3 is 0 Å². The fourth-order valence-corrected chi connectivity index (χ4v) is 2.97. The minimum absolute atomic E-state index is 0.585. The summed E-state index contributed by atoms with van der Waals surface area (Å²) in [5.74, 6) is 0. The molecule has 5 heteroatoms. The smallest absolute Gasteiger partial charge is 0.154 e. The summed E-state index contributed by atoms with van der Waals surface area (Å²) in [4.78, 5) is 8.32. The summed E-state index contributed by atoms with van der Waals surface area (Å²) in [5, 5.41) is 1.51. The highest BCUT2D eigenvalue weighted by molar-refractivity contribution is 8.00. The fourth-order valence-electron chi connectivity index (χ4n) is 1.03. The van der Waals surface area contributed by atoms with E-state index in [9.17, 15) is 0 Å². The summed E-state index contributed by atoms with van der Waals surface area (Å²) < 4.78 is 1.05. The van der Waals surface area contributed by atoms with Crippen LogP contribution in [-0.2, 0) is 0 Å². The van der Waals surface area contributed by atoms with Crippen LogP contribution in [0.25, 0.3) is 10.6 Å². The second kappa shape index (κ2) is 4.29. The zero-order chi connectivity index (χ0) is 9.97. The third kappa shape index (κ3) is 1.92. The molecule has 0 aromatic carbocycles. The first-order valence-corrected chi connectivity index (χ1v) is 6.34. The number of aromatic nitrogens is 2. The molecular weight excluding hydrogens is 236 g/mol. The van der Waals surface area contributed by atoms with Gasteiger partial charge in [0.05, 0.1) is 4.21 Å². The number of nitrogens with zero attached hydrogens (tertiary/aromatic N) is 2. The van der Waals surface area contributed by atoms with Gasteiger partial charge in [-0.3, -0.25) is 4.98 Å². The average molecular weight is 243 g/mol. The SMILES string of the molecule is CSc1sc(-c2cccnc2)nc1Cl. The van der Waals surface area contributed by atoms with Gasteiger partial charge >= 0.3 is 0 Å². The van der Waals surface area contributed by atoms with E-state index in [1.165, 1.54) is 0 Å². The summed E-state index contributed by atoms with van der Waals surface area (Å²) in [5.41, 5.74) is 1.01. The van der Waals surface area contributed by atoms with Gasteiger partial charge in [-0.25, -0.2) is 4.98 Å². The van der Waals surface area contributed by atoms with E-state index in [1.54, 1.807) is 35.5 Å². The van der Waals surface area contributed by atoms with Gasteiger partial charge in [0.2, 0.25) is 0 Å². The summed E-state index contributed by atoms with van der Waals surface area (Å²) >= 11 is 9.16. The van der Waals surface area contributed by atoms with Gasteiger partial charge in [0.25, 0.3) is 0 Å². The van der Waals surface area contributed by atoms with Crippen LogP contribution in [0, 0.1) is 0 Å². The Labute approximate surface area is 95.4 Å². The van der Waals surface area contributed by atoms with Gasteiger partial charge in [0.1, 0.15) is 5.01 Å². The number of rotatable bonds is 2. The standard InChI is InChI=1S/C9H7ClN2S2/c1-13-9-7(10)12-8(14-9)6-3-2-4-11-5-6/h2-5H,1H3. The summed E-state index contributed by atoms with van der Waals surface area (Å²) in [6, 6.07) is 3.87. The van der Waals surface area contributed by atoms with E-state index < -0.39 is 0 Å². The predicted octanol–water partition coefficient (Wildman–Crippen LogP) is 3.58. The van der Waals surface area contributed by atoms with E-state index >= 15 is 0 Å². The van der Waals surface area contributed by atoms with E-state index in [0.717, 1.165) is 14.8 Å². The maximum atomic E-state index is 5.95. The van der Waals surface area contributed by atoms with E-state index in [2.05, 4.69) is 9.97 Å². The Morgan fingerprint density at radius 3 is 2.93 bits per heavy atom. The second-order valence-corrected chi connectivity index (χ2v) is 4.98. The number of hydrogen-bond donors (Lipinski definition) is 0. The summed E-state index contributed by atoms with van der Waals surface area (Å²) in [6.07, 6.45) is 5.53. The highest BCUT2D eigenvalue weighted by Crippen LogP contribution is 2.35.